The highest BCUT2D eigenvalue weighted by atomic mass is 19.4. The van der Waals surface area contributed by atoms with Gasteiger partial charge in [-0.05, 0) is 17.7 Å². The molecule has 1 aromatic carbocycles. The van der Waals surface area contributed by atoms with E-state index in [9.17, 15) is 18.3 Å². The molecule has 0 saturated carbocycles. The van der Waals surface area contributed by atoms with Crippen molar-refractivity contribution < 1.29 is 23.0 Å². The molecule has 1 aromatic rings. The van der Waals surface area contributed by atoms with Crippen molar-refractivity contribution in [1.29, 1.82) is 0 Å². The lowest BCUT2D eigenvalue weighted by Crippen LogP contribution is -2.07. The number of benzene rings is 1. The van der Waals surface area contributed by atoms with E-state index in [0.29, 0.717) is 5.56 Å². The standard InChI is InChI=1S/C10H11F3O2/c1-15-6-9(14)7-2-4-8(5-3-7)10(11,12)13/h2-5,9,14H,6H2,1H3. The molecule has 0 saturated heterocycles. The first-order valence-corrected chi connectivity index (χ1v) is 4.29. The lowest BCUT2D eigenvalue weighted by Gasteiger charge is -2.11. The zero-order valence-corrected chi connectivity index (χ0v) is 8.08. The monoisotopic (exact) mass is 220 g/mol. The summed E-state index contributed by atoms with van der Waals surface area (Å²) in [5, 5.41) is 9.41. The number of methoxy groups -OCH3 is 1. The molecule has 1 atom stereocenters. The lowest BCUT2D eigenvalue weighted by molar-refractivity contribution is -0.137. The summed E-state index contributed by atoms with van der Waals surface area (Å²) in [6, 6.07) is 4.36. The van der Waals surface area contributed by atoms with Crippen LogP contribution in [0, 0.1) is 0 Å². The normalized spacial score (nSPS) is 13.9. The van der Waals surface area contributed by atoms with Crippen molar-refractivity contribution in [3.05, 3.63) is 35.4 Å². The summed E-state index contributed by atoms with van der Waals surface area (Å²) in [5.74, 6) is 0. The van der Waals surface area contributed by atoms with Crippen LogP contribution < -0.4 is 0 Å². The van der Waals surface area contributed by atoms with E-state index in [1.807, 2.05) is 0 Å². The van der Waals surface area contributed by atoms with Gasteiger partial charge in [-0.3, -0.25) is 0 Å². The van der Waals surface area contributed by atoms with Gasteiger partial charge in [-0.15, -0.1) is 0 Å². The van der Waals surface area contributed by atoms with Gasteiger partial charge in [0.25, 0.3) is 0 Å². The molecule has 84 valence electrons. The van der Waals surface area contributed by atoms with Crippen molar-refractivity contribution in [2.75, 3.05) is 13.7 Å². The summed E-state index contributed by atoms with van der Waals surface area (Å²) in [7, 11) is 1.41. The maximum absolute atomic E-state index is 12.2. The average Bonchev–Trinajstić information content (AvgIpc) is 2.17. The predicted octanol–water partition coefficient (Wildman–Crippen LogP) is 2.39. The van der Waals surface area contributed by atoms with Crippen LogP contribution in [0.15, 0.2) is 24.3 Å². The van der Waals surface area contributed by atoms with E-state index >= 15 is 0 Å². The summed E-state index contributed by atoms with van der Waals surface area (Å²) < 4.78 is 41.2. The van der Waals surface area contributed by atoms with E-state index in [-0.39, 0.29) is 6.61 Å². The van der Waals surface area contributed by atoms with Gasteiger partial charge >= 0.3 is 6.18 Å². The number of alkyl halides is 3. The van der Waals surface area contributed by atoms with E-state index < -0.39 is 17.8 Å². The van der Waals surface area contributed by atoms with Crippen LogP contribution in [0.4, 0.5) is 13.2 Å². The van der Waals surface area contributed by atoms with E-state index in [0.717, 1.165) is 12.1 Å². The Morgan fingerprint density at radius 3 is 2.20 bits per heavy atom. The quantitative estimate of drug-likeness (QED) is 0.847. The van der Waals surface area contributed by atoms with Crippen LogP contribution in [0.25, 0.3) is 0 Å². The summed E-state index contributed by atoms with van der Waals surface area (Å²) in [4.78, 5) is 0. The van der Waals surface area contributed by atoms with Crippen LogP contribution >= 0.6 is 0 Å². The summed E-state index contributed by atoms with van der Waals surface area (Å²) in [6.45, 7) is 0.0609. The predicted molar refractivity (Wildman–Crippen MR) is 48.3 cm³/mol. The smallest absolute Gasteiger partial charge is 0.386 e. The van der Waals surface area contributed by atoms with Gasteiger partial charge in [-0.25, -0.2) is 0 Å². The van der Waals surface area contributed by atoms with Crippen molar-refractivity contribution >= 4 is 0 Å². The molecule has 2 nitrogen and oxygen atoms in total. The van der Waals surface area contributed by atoms with Crippen molar-refractivity contribution in [2.45, 2.75) is 12.3 Å². The van der Waals surface area contributed by atoms with Crippen LogP contribution in [0.1, 0.15) is 17.2 Å². The van der Waals surface area contributed by atoms with Crippen LogP contribution in [-0.2, 0) is 10.9 Å². The topological polar surface area (TPSA) is 29.5 Å². The lowest BCUT2D eigenvalue weighted by atomic mass is 10.1. The Kier molecular flexibility index (Phi) is 3.71. The third-order valence-electron chi connectivity index (χ3n) is 1.95. The van der Waals surface area contributed by atoms with E-state index in [1.165, 1.54) is 19.2 Å². The van der Waals surface area contributed by atoms with Gasteiger partial charge in [0.2, 0.25) is 0 Å². The van der Waals surface area contributed by atoms with Crippen LogP contribution in [-0.4, -0.2) is 18.8 Å². The molecular formula is C10H11F3O2. The number of halogens is 3. The van der Waals surface area contributed by atoms with Crippen molar-refractivity contribution in [2.24, 2.45) is 0 Å². The van der Waals surface area contributed by atoms with Crippen molar-refractivity contribution in [3.63, 3.8) is 0 Å². The minimum absolute atomic E-state index is 0.0609. The molecule has 0 radical (unpaired) electrons. The first-order chi connectivity index (χ1) is 6.95. The molecule has 0 amide bonds. The fourth-order valence-corrected chi connectivity index (χ4v) is 1.15. The van der Waals surface area contributed by atoms with Gasteiger partial charge in [0.15, 0.2) is 0 Å². The van der Waals surface area contributed by atoms with E-state index in [4.69, 9.17) is 0 Å². The molecule has 0 spiro atoms. The molecule has 5 heteroatoms. The highest BCUT2D eigenvalue weighted by Crippen LogP contribution is 2.29. The molecule has 1 unspecified atom stereocenters. The number of ether oxygens (including phenoxy) is 1. The van der Waals surface area contributed by atoms with Crippen LogP contribution in [0.2, 0.25) is 0 Å². The number of aliphatic hydroxyl groups excluding tert-OH is 1. The molecule has 0 aromatic heterocycles. The average molecular weight is 220 g/mol. The molecule has 1 N–H and O–H groups in total. The van der Waals surface area contributed by atoms with Crippen LogP contribution in [0.5, 0.6) is 0 Å². The second-order valence-electron chi connectivity index (χ2n) is 3.09. The minimum atomic E-state index is -4.34. The van der Waals surface area contributed by atoms with E-state index in [1.54, 1.807) is 0 Å². The van der Waals surface area contributed by atoms with Gasteiger partial charge in [0.1, 0.15) is 6.10 Å². The van der Waals surface area contributed by atoms with Crippen LogP contribution in [0.3, 0.4) is 0 Å². The molecule has 0 heterocycles. The third-order valence-corrected chi connectivity index (χ3v) is 1.95. The Labute approximate surface area is 85.3 Å². The second-order valence-corrected chi connectivity index (χ2v) is 3.09. The zero-order chi connectivity index (χ0) is 11.5. The van der Waals surface area contributed by atoms with Gasteiger partial charge in [0.05, 0.1) is 12.2 Å². The number of hydrogen-bond acceptors (Lipinski definition) is 2. The van der Waals surface area contributed by atoms with E-state index in [2.05, 4.69) is 4.74 Å². The largest absolute Gasteiger partial charge is 0.416 e. The van der Waals surface area contributed by atoms with Crippen molar-refractivity contribution in [1.82, 2.24) is 0 Å². The first-order valence-electron chi connectivity index (χ1n) is 4.29. The first kappa shape index (κ1) is 12.0. The van der Waals surface area contributed by atoms with Gasteiger partial charge in [-0.2, -0.15) is 13.2 Å². The second kappa shape index (κ2) is 4.63. The van der Waals surface area contributed by atoms with Crippen molar-refractivity contribution in [3.8, 4) is 0 Å². The molecular weight excluding hydrogens is 209 g/mol. The number of hydrogen-bond donors (Lipinski definition) is 1. The van der Waals surface area contributed by atoms with Gasteiger partial charge in [-0.1, -0.05) is 12.1 Å². The highest BCUT2D eigenvalue weighted by Gasteiger charge is 2.30. The fraction of sp³-hybridized carbons (Fsp3) is 0.400. The third kappa shape index (κ3) is 3.21. The van der Waals surface area contributed by atoms with Gasteiger partial charge in [0, 0.05) is 7.11 Å². The Bertz CT molecular complexity index is 305. The Morgan fingerprint density at radius 2 is 1.80 bits per heavy atom. The minimum Gasteiger partial charge on any atom is -0.386 e. The summed E-state index contributed by atoms with van der Waals surface area (Å²) in [6.07, 6.45) is -5.23. The molecule has 0 aliphatic rings. The Balaban J connectivity index is 2.81. The molecule has 15 heavy (non-hydrogen) atoms. The SMILES string of the molecule is COCC(O)c1ccc(C(F)(F)F)cc1. The molecule has 0 aliphatic carbocycles. The fourth-order valence-electron chi connectivity index (χ4n) is 1.15. The molecule has 0 bridgehead atoms. The summed E-state index contributed by atoms with van der Waals surface area (Å²) >= 11 is 0. The molecule has 0 fully saturated rings. The summed E-state index contributed by atoms with van der Waals surface area (Å²) in [5.41, 5.74) is -0.319. The maximum atomic E-state index is 12.2. The maximum Gasteiger partial charge on any atom is 0.416 e. The number of aliphatic hydroxyl groups is 1. The Morgan fingerprint density at radius 1 is 1.27 bits per heavy atom. The zero-order valence-electron chi connectivity index (χ0n) is 8.08. The van der Waals surface area contributed by atoms with Gasteiger partial charge < -0.3 is 9.84 Å². The Hall–Kier alpha value is -1.07. The highest BCUT2D eigenvalue weighted by molar-refractivity contribution is 5.25. The molecule has 1 rings (SSSR count). The number of rotatable bonds is 3. The molecule has 0 aliphatic heterocycles.